The van der Waals surface area contributed by atoms with E-state index in [0.29, 0.717) is 11.1 Å². The zero-order chi connectivity index (χ0) is 46.1. The minimum Gasteiger partial charge on any atom is -0.462 e. The Balaban J connectivity index is 2.10. The van der Waals surface area contributed by atoms with E-state index < -0.39 is 128 Å². The SMILES string of the molecule is CC(=O)OC[C@H](OC(C)=O)[C@@H](OC(C)=O)[C@H](OC(C)=O)[C@H](OC(C)=O)C(=O)NC[C@H]1O[C@@](O)(Cc2ccccc2)[C@H](NC(=O)OCc2ccccc2)[C@@H](OC(C)=O)[C@@H]1OC(C)=O. The molecule has 21 heteroatoms. The van der Waals surface area contributed by atoms with Crippen LogP contribution in [0.5, 0.6) is 0 Å². The number of carbonyl (C=O) groups is 9. The Morgan fingerprint density at radius 1 is 0.629 bits per heavy atom. The van der Waals surface area contributed by atoms with E-state index in [4.69, 9.17) is 42.6 Å². The van der Waals surface area contributed by atoms with Crippen LogP contribution in [-0.2, 0) is 94.0 Å². The first-order valence-electron chi connectivity index (χ1n) is 19.0. The Kier molecular flexibility index (Phi) is 18.8. The summed E-state index contributed by atoms with van der Waals surface area (Å²) in [5, 5.41) is 17.3. The van der Waals surface area contributed by atoms with E-state index in [1.807, 2.05) is 0 Å². The molecular formula is C41H50N2O19. The number of amides is 2. The molecule has 9 atom stereocenters. The van der Waals surface area contributed by atoms with E-state index >= 15 is 0 Å². The van der Waals surface area contributed by atoms with Crippen LogP contribution < -0.4 is 10.6 Å². The van der Waals surface area contributed by atoms with Gasteiger partial charge < -0.3 is 58.4 Å². The van der Waals surface area contributed by atoms with Gasteiger partial charge in [-0.15, -0.1) is 0 Å². The summed E-state index contributed by atoms with van der Waals surface area (Å²) in [5.74, 6) is -10.8. The first-order valence-corrected chi connectivity index (χ1v) is 19.0. The molecule has 1 heterocycles. The number of hydrogen-bond donors (Lipinski definition) is 3. The zero-order valence-corrected chi connectivity index (χ0v) is 35.0. The lowest BCUT2D eigenvalue weighted by Crippen LogP contribution is -2.73. The number of esters is 7. The van der Waals surface area contributed by atoms with Crippen molar-refractivity contribution in [2.45, 2.75) is 116 Å². The van der Waals surface area contributed by atoms with Crippen LogP contribution >= 0.6 is 0 Å². The molecular weight excluding hydrogens is 824 g/mol. The fraction of sp³-hybridized carbons (Fsp3) is 0.488. The summed E-state index contributed by atoms with van der Waals surface area (Å²) >= 11 is 0. The molecule has 0 radical (unpaired) electrons. The highest BCUT2D eigenvalue weighted by Gasteiger charge is 2.58. The van der Waals surface area contributed by atoms with Crippen molar-refractivity contribution >= 4 is 53.8 Å². The predicted octanol–water partition coefficient (Wildman–Crippen LogP) is 0.881. The Morgan fingerprint density at radius 3 is 1.66 bits per heavy atom. The van der Waals surface area contributed by atoms with Gasteiger partial charge in [-0.2, -0.15) is 0 Å². The molecule has 338 valence electrons. The van der Waals surface area contributed by atoms with Crippen molar-refractivity contribution in [2.24, 2.45) is 0 Å². The van der Waals surface area contributed by atoms with Crippen LogP contribution in [0.4, 0.5) is 4.79 Å². The molecule has 2 aromatic carbocycles. The van der Waals surface area contributed by atoms with Gasteiger partial charge in [0, 0.05) is 61.4 Å². The van der Waals surface area contributed by atoms with Gasteiger partial charge in [-0.1, -0.05) is 60.7 Å². The summed E-state index contributed by atoms with van der Waals surface area (Å²) in [6.45, 7) is 4.95. The molecule has 1 aliphatic rings. The number of benzene rings is 2. The van der Waals surface area contributed by atoms with Crippen LogP contribution in [0.2, 0.25) is 0 Å². The highest BCUT2D eigenvalue weighted by molar-refractivity contribution is 5.85. The average molecular weight is 875 g/mol. The van der Waals surface area contributed by atoms with E-state index in [1.54, 1.807) is 60.7 Å². The van der Waals surface area contributed by atoms with Crippen molar-refractivity contribution in [1.82, 2.24) is 10.6 Å². The molecule has 3 N–H and O–H groups in total. The maximum Gasteiger partial charge on any atom is 0.408 e. The first kappa shape index (κ1) is 49.8. The third kappa shape index (κ3) is 15.8. The second kappa shape index (κ2) is 23.4. The van der Waals surface area contributed by atoms with E-state index in [0.717, 1.165) is 48.5 Å². The van der Waals surface area contributed by atoms with Gasteiger partial charge in [-0.25, -0.2) is 4.79 Å². The molecule has 62 heavy (non-hydrogen) atoms. The highest BCUT2D eigenvalue weighted by Crippen LogP contribution is 2.35. The number of aliphatic hydroxyl groups is 1. The standard InChI is InChI=1S/C41H50N2O19/c1-22(44)54-21-32(56-23(2)45)34(58-25(4)47)35(59-26(5)48)37(61-28(7)50)39(51)42-19-31-33(57-24(3)46)36(60-27(6)49)38(41(53,62-31)18-29-14-10-8-11-15-29)43-40(52)55-20-30-16-12-9-13-17-30/h8-17,31-38,53H,18-21H2,1-7H3,(H,42,51)(H,43,52)/t31-,32+,33-,34-,35+,36+,37+,38-,41+/m1/s1. The molecule has 2 aromatic rings. The summed E-state index contributed by atoms with van der Waals surface area (Å²) in [4.78, 5) is 114. The lowest BCUT2D eigenvalue weighted by Gasteiger charge is -2.50. The van der Waals surface area contributed by atoms with E-state index in [1.165, 1.54) is 0 Å². The molecule has 0 aromatic heterocycles. The van der Waals surface area contributed by atoms with E-state index in [9.17, 15) is 48.3 Å². The summed E-state index contributed by atoms with van der Waals surface area (Å²) in [5.41, 5.74) is 1.06. The Bertz CT molecular complexity index is 1910. The van der Waals surface area contributed by atoms with Gasteiger partial charge in [0.2, 0.25) is 6.10 Å². The van der Waals surface area contributed by atoms with Gasteiger partial charge in [0.05, 0.1) is 0 Å². The fourth-order valence-electron chi connectivity index (χ4n) is 6.40. The summed E-state index contributed by atoms with van der Waals surface area (Å²) < 4.78 is 48.9. The molecule has 1 saturated heterocycles. The minimum atomic E-state index is -2.52. The Morgan fingerprint density at radius 2 is 1.15 bits per heavy atom. The summed E-state index contributed by atoms with van der Waals surface area (Å²) in [7, 11) is 0. The Hall–Kier alpha value is -6.61. The normalized spacial score (nSPS) is 21.2. The van der Waals surface area contributed by atoms with Crippen molar-refractivity contribution in [2.75, 3.05) is 13.2 Å². The molecule has 21 nitrogen and oxygen atoms in total. The van der Waals surface area contributed by atoms with Gasteiger partial charge >= 0.3 is 47.9 Å². The Labute approximate surface area is 355 Å². The number of rotatable bonds is 19. The lowest BCUT2D eigenvalue weighted by molar-refractivity contribution is -0.314. The van der Waals surface area contributed by atoms with Crippen molar-refractivity contribution in [3.63, 3.8) is 0 Å². The number of ether oxygens (including phenoxy) is 9. The van der Waals surface area contributed by atoms with Gasteiger partial charge in [-0.05, 0) is 11.1 Å². The van der Waals surface area contributed by atoms with Crippen LogP contribution in [-0.4, -0.2) is 127 Å². The fourth-order valence-corrected chi connectivity index (χ4v) is 6.40. The van der Waals surface area contributed by atoms with Crippen molar-refractivity contribution in [3.05, 3.63) is 71.8 Å². The van der Waals surface area contributed by atoms with Crippen molar-refractivity contribution in [1.29, 1.82) is 0 Å². The van der Waals surface area contributed by atoms with Gasteiger partial charge in [0.15, 0.2) is 36.3 Å². The topological polar surface area (TPSA) is 281 Å². The third-order valence-corrected chi connectivity index (χ3v) is 8.64. The average Bonchev–Trinajstić information content (AvgIpc) is 3.18. The maximum atomic E-state index is 14.2. The van der Waals surface area contributed by atoms with Gasteiger partial charge in [-0.3, -0.25) is 38.4 Å². The van der Waals surface area contributed by atoms with Crippen LogP contribution in [0, 0.1) is 0 Å². The lowest BCUT2D eigenvalue weighted by atomic mass is 9.86. The van der Waals surface area contributed by atoms with Crippen LogP contribution in [0.1, 0.15) is 59.6 Å². The quantitative estimate of drug-likeness (QED) is 0.130. The molecule has 2 amide bonds. The number of carbonyl (C=O) groups excluding carboxylic acids is 9. The molecule has 1 aliphatic heterocycles. The third-order valence-electron chi connectivity index (χ3n) is 8.64. The number of alkyl carbamates (subject to hydrolysis) is 1. The summed E-state index contributed by atoms with van der Waals surface area (Å²) in [6.07, 6.45) is -14.6. The maximum absolute atomic E-state index is 14.2. The zero-order valence-electron chi connectivity index (χ0n) is 35.0. The monoisotopic (exact) mass is 874 g/mol. The predicted molar refractivity (Wildman–Crippen MR) is 206 cm³/mol. The smallest absolute Gasteiger partial charge is 0.408 e. The molecule has 3 rings (SSSR count). The van der Waals surface area contributed by atoms with Crippen molar-refractivity contribution < 1.29 is 90.9 Å². The second-order valence-electron chi connectivity index (χ2n) is 13.9. The van der Waals surface area contributed by atoms with Crippen molar-refractivity contribution in [3.8, 4) is 0 Å². The van der Waals surface area contributed by atoms with Gasteiger partial charge in [0.25, 0.3) is 5.91 Å². The minimum absolute atomic E-state index is 0.209. The molecule has 0 unspecified atom stereocenters. The molecule has 0 bridgehead atoms. The largest absolute Gasteiger partial charge is 0.462 e. The molecule has 0 aliphatic carbocycles. The van der Waals surface area contributed by atoms with Crippen LogP contribution in [0.15, 0.2) is 60.7 Å². The molecule has 0 spiro atoms. The second-order valence-corrected chi connectivity index (χ2v) is 13.9. The first-order chi connectivity index (χ1) is 29.2. The number of hydrogen-bond acceptors (Lipinski definition) is 19. The highest BCUT2D eigenvalue weighted by atomic mass is 16.7. The number of nitrogens with one attached hydrogen (secondary N) is 2. The van der Waals surface area contributed by atoms with E-state index in [-0.39, 0.29) is 6.61 Å². The molecule has 1 fully saturated rings. The molecule has 0 saturated carbocycles. The van der Waals surface area contributed by atoms with E-state index in [2.05, 4.69) is 10.6 Å². The van der Waals surface area contributed by atoms with Gasteiger partial charge in [0.1, 0.15) is 25.4 Å². The van der Waals surface area contributed by atoms with Crippen LogP contribution in [0.3, 0.4) is 0 Å². The van der Waals surface area contributed by atoms with Crippen LogP contribution in [0.25, 0.3) is 0 Å². The summed E-state index contributed by atoms with van der Waals surface area (Å²) in [6, 6.07) is 15.1.